The molecule has 3 N–H and O–H groups in total. The molecule has 0 aromatic heterocycles. The minimum absolute atomic E-state index is 0.0668. The quantitative estimate of drug-likeness (QED) is 0.903. The zero-order chi connectivity index (χ0) is 15.7. The van der Waals surface area contributed by atoms with Crippen LogP contribution in [-0.4, -0.2) is 5.91 Å². The number of hydrogen-bond donors (Lipinski definition) is 2. The van der Waals surface area contributed by atoms with Gasteiger partial charge in [-0.1, -0.05) is 48.0 Å². The molecule has 2 unspecified atom stereocenters. The standard InChI is InChI=1S/C19H22N2O/c1-12-10-15-13(2)19(22)21-18(15)16(11-12)17(20)9-8-14-6-4-3-5-7-14/h3-7,10-11,13,17H,8-9,20H2,1-2H3,(H,21,22). The van der Waals surface area contributed by atoms with Crippen LogP contribution in [0, 0.1) is 6.92 Å². The molecule has 114 valence electrons. The molecule has 2 atom stereocenters. The summed E-state index contributed by atoms with van der Waals surface area (Å²) in [6.07, 6.45) is 1.80. The zero-order valence-corrected chi connectivity index (χ0v) is 13.1. The molecule has 0 radical (unpaired) electrons. The van der Waals surface area contributed by atoms with Gasteiger partial charge in [0.2, 0.25) is 5.91 Å². The SMILES string of the molecule is Cc1cc(C(N)CCc2ccccc2)c2c(c1)C(C)C(=O)N2. The lowest BCUT2D eigenvalue weighted by Gasteiger charge is -2.17. The molecule has 1 aliphatic heterocycles. The van der Waals surface area contributed by atoms with E-state index < -0.39 is 0 Å². The van der Waals surface area contributed by atoms with Gasteiger partial charge in [0.1, 0.15) is 0 Å². The molecule has 0 saturated heterocycles. The number of benzene rings is 2. The van der Waals surface area contributed by atoms with Gasteiger partial charge in [0, 0.05) is 11.7 Å². The summed E-state index contributed by atoms with van der Waals surface area (Å²) in [4.78, 5) is 11.9. The summed E-state index contributed by atoms with van der Waals surface area (Å²) in [6, 6.07) is 14.5. The second-order valence-corrected chi connectivity index (χ2v) is 6.16. The van der Waals surface area contributed by atoms with Crippen LogP contribution < -0.4 is 11.1 Å². The molecule has 2 aromatic rings. The lowest BCUT2D eigenvalue weighted by molar-refractivity contribution is -0.116. The van der Waals surface area contributed by atoms with Gasteiger partial charge in [-0.15, -0.1) is 0 Å². The first-order valence-corrected chi connectivity index (χ1v) is 7.81. The number of fused-ring (bicyclic) bond motifs is 1. The Balaban J connectivity index is 1.83. The van der Waals surface area contributed by atoms with Gasteiger partial charge < -0.3 is 11.1 Å². The van der Waals surface area contributed by atoms with Gasteiger partial charge >= 0.3 is 0 Å². The first kappa shape index (κ1) is 14.8. The largest absolute Gasteiger partial charge is 0.325 e. The zero-order valence-electron chi connectivity index (χ0n) is 13.1. The lowest BCUT2D eigenvalue weighted by atomic mass is 9.92. The smallest absolute Gasteiger partial charge is 0.231 e. The Kier molecular flexibility index (Phi) is 3.99. The fourth-order valence-electron chi connectivity index (χ4n) is 3.12. The molecule has 1 aliphatic rings. The fourth-order valence-corrected chi connectivity index (χ4v) is 3.12. The van der Waals surface area contributed by atoms with Gasteiger partial charge in [0.25, 0.3) is 0 Å². The van der Waals surface area contributed by atoms with E-state index in [1.807, 2.05) is 25.1 Å². The molecule has 22 heavy (non-hydrogen) atoms. The lowest BCUT2D eigenvalue weighted by Crippen LogP contribution is -2.14. The highest BCUT2D eigenvalue weighted by molar-refractivity contribution is 6.03. The first-order valence-electron chi connectivity index (χ1n) is 7.81. The van der Waals surface area contributed by atoms with Crippen LogP contribution in [0.15, 0.2) is 42.5 Å². The van der Waals surface area contributed by atoms with Crippen molar-refractivity contribution in [1.82, 2.24) is 0 Å². The predicted molar refractivity (Wildman–Crippen MR) is 89.9 cm³/mol. The molecule has 0 saturated carbocycles. The van der Waals surface area contributed by atoms with E-state index in [4.69, 9.17) is 5.73 Å². The van der Waals surface area contributed by atoms with Crippen LogP contribution in [0.5, 0.6) is 0 Å². The van der Waals surface area contributed by atoms with E-state index in [9.17, 15) is 4.79 Å². The topological polar surface area (TPSA) is 55.1 Å². The monoisotopic (exact) mass is 294 g/mol. The molecule has 0 fully saturated rings. The van der Waals surface area contributed by atoms with E-state index in [1.165, 1.54) is 5.56 Å². The van der Waals surface area contributed by atoms with Crippen molar-refractivity contribution >= 4 is 11.6 Å². The van der Waals surface area contributed by atoms with Crippen molar-refractivity contribution in [2.24, 2.45) is 5.73 Å². The van der Waals surface area contributed by atoms with E-state index in [0.717, 1.165) is 35.2 Å². The number of carbonyl (C=O) groups excluding carboxylic acids is 1. The van der Waals surface area contributed by atoms with Crippen molar-refractivity contribution in [1.29, 1.82) is 0 Å². The fraction of sp³-hybridized carbons (Fsp3) is 0.316. The van der Waals surface area contributed by atoms with E-state index in [0.29, 0.717) is 0 Å². The summed E-state index contributed by atoms with van der Waals surface area (Å²) < 4.78 is 0. The van der Waals surface area contributed by atoms with Crippen LogP contribution in [0.4, 0.5) is 5.69 Å². The maximum Gasteiger partial charge on any atom is 0.231 e. The number of nitrogens with one attached hydrogen (secondary N) is 1. The van der Waals surface area contributed by atoms with Crippen molar-refractivity contribution in [3.05, 3.63) is 64.7 Å². The third-order valence-electron chi connectivity index (χ3n) is 4.44. The van der Waals surface area contributed by atoms with Crippen molar-refractivity contribution in [2.75, 3.05) is 5.32 Å². The molecule has 3 rings (SSSR count). The minimum atomic E-state index is -0.0880. The Labute approximate surface area is 131 Å². The third kappa shape index (κ3) is 2.77. The summed E-state index contributed by atoms with van der Waals surface area (Å²) in [5, 5.41) is 3.00. The minimum Gasteiger partial charge on any atom is -0.325 e. The van der Waals surface area contributed by atoms with Crippen LogP contribution in [0.3, 0.4) is 0 Å². The predicted octanol–water partition coefficient (Wildman–Crippen LogP) is 3.68. The summed E-state index contributed by atoms with van der Waals surface area (Å²) in [5.74, 6) is -0.0212. The number of hydrogen-bond acceptors (Lipinski definition) is 2. The summed E-state index contributed by atoms with van der Waals surface area (Å²) in [6.45, 7) is 4.00. The molecule has 2 aromatic carbocycles. The highest BCUT2D eigenvalue weighted by atomic mass is 16.2. The van der Waals surface area contributed by atoms with Crippen LogP contribution >= 0.6 is 0 Å². The van der Waals surface area contributed by atoms with Gasteiger partial charge in [-0.3, -0.25) is 4.79 Å². The van der Waals surface area contributed by atoms with Crippen molar-refractivity contribution in [3.8, 4) is 0 Å². The number of rotatable bonds is 4. The molecule has 1 heterocycles. The molecule has 3 nitrogen and oxygen atoms in total. The normalized spacial score (nSPS) is 18.0. The average Bonchev–Trinajstić information content (AvgIpc) is 2.81. The van der Waals surface area contributed by atoms with E-state index in [1.54, 1.807) is 0 Å². The second kappa shape index (κ2) is 5.93. The molecule has 0 aliphatic carbocycles. The van der Waals surface area contributed by atoms with E-state index >= 15 is 0 Å². The molecule has 1 amide bonds. The third-order valence-corrected chi connectivity index (χ3v) is 4.44. The van der Waals surface area contributed by atoms with Gasteiger partial charge in [-0.25, -0.2) is 0 Å². The van der Waals surface area contributed by atoms with Crippen molar-refractivity contribution < 1.29 is 4.79 Å². The Morgan fingerprint density at radius 3 is 2.68 bits per heavy atom. The maximum absolute atomic E-state index is 11.9. The van der Waals surface area contributed by atoms with Gasteiger partial charge in [0.15, 0.2) is 0 Å². The average molecular weight is 294 g/mol. The van der Waals surface area contributed by atoms with Gasteiger partial charge in [-0.05, 0) is 43.4 Å². The maximum atomic E-state index is 11.9. The van der Waals surface area contributed by atoms with Crippen LogP contribution in [-0.2, 0) is 11.2 Å². The second-order valence-electron chi connectivity index (χ2n) is 6.16. The summed E-state index contributed by atoms with van der Waals surface area (Å²) >= 11 is 0. The Morgan fingerprint density at radius 2 is 1.95 bits per heavy atom. The van der Waals surface area contributed by atoms with Crippen LogP contribution in [0.2, 0.25) is 0 Å². The Morgan fingerprint density at radius 1 is 1.23 bits per heavy atom. The van der Waals surface area contributed by atoms with Crippen LogP contribution in [0.1, 0.15) is 47.6 Å². The van der Waals surface area contributed by atoms with E-state index in [-0.39, 0.29) is 17.9 Å². The van der Waals surface area contributed by atoms with Gasteiger partial charge in [-0.2, -0.15) is 0 Å². The molecular formula is C19H22N2O. The number of carbonyl (C=O) groups is 1. The molecular weight excluding hydrogens is 272 g/mol. The molecule has 3 heteroatoms. The Bertz CT molecular complexity index is 694. The summed E-state index contributed by atoms with van der Waals surface area (Å²) in [7, 11) is 0. The van der Waals surface area contributed by atoms with Gasteiger partial charge in [0.05, 0.1) is 5.92 Å². The number of amides is 1. The highest BCUT2D eigenvalue weighted by Crippen LogP contribution is 2.38. The number of anilines is 1. The highest BCUT2D eigenvalue weighted by Gasteiger charge is 2.30. The number of nitrogens with two attached hydrogens (primary N) is 1. The molecule has 0 bridgehead atoms. The Hall–Kier alpha value is -2.13. The van der Waals surface area contributed by atoms with Crippen molar-refractivity contribution in [2.45, 2.75) is 38.6 Å². The first-order chi connectivity index (χ1) is 10.6. The number of aryl methyl sites for hydroxylation is 2. The van der Waals surface area contributed by atoms with Crippen LogP contribution in [0.25, 0.3) is 0 Å². The van der Waals surface area contributed by atoms with E-state index in [2.05, 4.69) is 36.5 Å². The summed E-state index contributed by atoms with van der Waals surface area (Å²) in [5.41, 5.74) is 11.9. The van der Waals surface area contributed by atoms with Crippen molar-refractivity contribution in [3.63, 3.8) is 0 Å². The molecule has 0 spiro atoms.